The molecule has 0 fully saturated rings. The van der Waals surface area contributed by atoms with Gasteiger partial charge in [0.05, 0.1) is 4.90 Å². The van der Waals surface area contributed by atoms with Gasteiger partial charge in [0.25, 0.3) is 10.0 Å². The zero-order valence-electron chi connectivity index (χ0n) is 12.3. The zero-order valence-corrected chi connectivity index (χ0v) is 13.9. The average molecular weight is 342 g/mol. The van der Waals surface area contributed by atoms with Gasteiger partial charge in [0.2, 0.25) is 10.0 Å². The molecule has 1 unspecified atom stereocenters. The quantitative estimate of drug-likeness (QED) is 0.867. The van der Waals surface area contributed by atoms with Gasteiger partial charge in [-0.05, 0) is 31.5 Å². The third-order valence-electron chi connectivity index (χ3n) is 3.24. The van der Waals surface area contributed by atoms with Gasteiger partial charge in [-0.25, -0.2) is 25.5 Å². The molecule has 6 nitrogen and oxygen atoms in total. The Morgan fingerprint density at radius 2 is 1.68 bits per heavy atom. The number of nitrogens with one attached hydrogen (secondary N) is 1. The van der Waals surface area contributed by atoms with Crippen molar-refractivity contribution in [3.05, 3.63) is 48.8 Å². The van der Waals surface area contributed by atoms with Crippen LogP contribution >= 0.6 is 0 Å². The fourth-order valence-corrected chi connectivity index (χ4v) is 4.41. The van der Waals surface area contributed by atoms with E-state index in [0.717, 1.165) is 10.2 Å². The Kier molecular flexibility index (Phi) is 4.74. The van der Waals surface area contributed by atoms with Gasteiger partial charge in [-0.1, -0.05) is 25.1 Å². The molecule has 8 heteroatoms. The van der Waals surface area contributed by atoms with Crippen LogP contribution in [0.1, 0.15) is 20.3 Å². The van der Waals surface area contributed by atoms with Gasteiger partial charge in [-0.3, -0.25) is 0 Å². The maximum atomic E-state index is 12.4. The van der Waals surface area contributed by atoms with Crippen molar-refractivity contribution in [2.45, 2.75) is 36.1 Å². The molecule has 0 saturated heterocycles. The van der Waals surface area contributed by atoms with Gasteiger partial charge in [0.15, 0.2) is 0 Å². The van der Waals surface area contributed by atoms with Crippen molar-refractivity contribution in [3.63, 3.8) is 0 Å². The molecule has 1 aromatic heterocycles. The lowest BCUT2D eigenvalue weighted by Crippen LogP contribution is -2.31. The summed E-state index contributed by atoms with van der Waals surface area (Å²) >= 11 is 0. The smallest absolute Gasteiger partial charge is 0.248 e. The van der Waals surface area contributed by atoms with Crippen LogP contribution in [0.4, 0.5) is 0 Å². The van der Waals surface area contributed by atoms with Crippen LogP contribution in [-0.4, -0.2) is 26.8 Å². The van der Waals surface area contributed by atoms with Gasteiger partial charge >= 0.3 is 0 Å². The first-order chi connectivity index (χ1) is 10.3. The van der Waals surface area contributed by atoms with Crippen molar-refractivity contribution in [1.82, 2.24) is 8.69 Å². The van der Waals surface area contributed by atoms with Crippen LogP contribution in [0.25, 0.3) is 0 Å². The first kappa shape index (κ1) is 16.7. The van der Waals surface area contributed by atoms with E-state index in [-0.39, 0.29) is 15.8 Å². The lowest BCUT2D eigenvalue weighted by atomic mass is 10.3. The number of rotatable bonds is 6. The van der Waals surface area contributed by atoms with Crippen LogP contribution in [0.3, 0.4) is 0 Å². The predicted octanol–water partition coefficient (Wildman–Crippen LogP) is 1.80. The molecule has 2 aromatic rings. The van der Waals surface area contributed by atoms with Crippen LogP contribution in [0.2, 0.25) is 0 Å². The van der Waals surface area contributed by atoms with E-state index in [2.05, 4.69) is 4.72 Å². The molecule has 0 amide bonds. The third kappa shape index (κ3) is 3.40. The molecule has 120 valence electrons. The summed E-state index contributed by atoms with van der Waals surface area (Å²) in [4.78, 5) is 0.0248. The molecule has 0 saturated carbocycles. The Morgan fingerprint density at radius 3 is 2.27 bits per heavy atom. The summed E-state index contributed by atoms with van der Waals surface area (Å²) < 4.78 is 52.5. The Bertz CT molecular complexity index is 840. The highest BCUT2D eigenvalue weighted by Gasteiger charge is 2.22. The Labute approximate surface area is 130 Å². The summed E-state index contributed by atoms with van der Waals surface area (Å²) in [6.45, 7) is 3.60. The van der Waals surface area contributed by atoms with E-state index in [0.29, 0.717) is 6.42 Å². The molecular formula is C14H18N2O4S2. The molecular weight excluding hydrogens is 324 g/mol. The van der Waals surface area contributed by atoms with Gasteiger partial charge in [0.1, 0.15) is 4.90 Å². The minimum atomic E-state index is -3.79. The number of hydrogen-bond acceptors (Lipinski definition) is 4. The first-order valence-corrected chi connectivity index (χ1v) is 9.70. The SMILES string of the molecule is CCC(C)NS(=O)(=O)c1ccn(S(=O)(=O)c2ccccc2)c1. The van der Waals surface area contributed by atoms with Gasteiger partial charge in [-0.15, -0.1) is 0 Å². The van der Waals surface area contributed by atoms with Crippen molar-refractivity contribution < 1.29 is 16.8 Å². The summed E-state index contributed by atoms with van der Waals surface area (Å²) in [6, 6.07) is 8.89. The molecule has 0 aliphatic heterocycles. The van der Waals surface area contributed by atoms with E-state index in [1.54, 1.807) is 25.1 Å². The molecule has 0 aliphatic rings. The molecule has 1 atom stereocenters. The van der Waals surface area contributed by atoms with E-state index in [4.69, 9.17) is 0 Å². The molecule has 0 bridgehead atoms. The largest absolute Gasteiger partial charge is 0.267 e. The monoisotopic (exact) mass is 342 g/mol. The second-order valence-electron chi connectivity index (χ2n) is 4.93. The van der Waals surface area contributed by atoms with Crippen LogP contribution < -0.4 is 4.72 Å². The van der Waals surface area contributed by atoms with Crippen LogP contribution in [0.5, 0.6) is 0 Å². The van der Waals surface area contributed by atoms with Crippen LogP contribution in [-0.2, 0) is 20.0 Å². The molecule has 1 heterocycles. The van der Waals surface area contributed by atoms with Crippen molar-refractivity contribution in [2.24, 2.45) is 0 Å². The molecule has 0 aliphatic carbocycles. The second-order valence-corrected chi connectivity index (χ2v) is 8.48. The predicted molar refractivity (Wildman–Crippen MR) is 83.5 cm³/mol. The second kappa shape index (κ2) is 6.23. The maximum Gasteiger partial charge on any atom is 0.267 e. The first-order valence-electron chi connectivity index (χ1n) is 6.78. The summed E-state index contributed by atoms with van der Waals surface area (Å²) in [5.41, 5.74) is 0. The van der Waals surface area contributed by atoms with Crippen molar-refractivity contribution in [1.29, 1.82) is 0 Å². The lowest BCUT2D eigenvalue weighted by molar-refractivity contribution is 0.556. The number of sulfonamides is 1. The highest BCUT2D eigenvalue weighted by atomic mass is 32.2. The van der Waals surface area contributed by atoms with Crippen LogP contribution in [0, 0.1) is 0 Å². The summed E-state index contributed by atoms with van der Waals surface area (Å²) in [5.74, 6) is 0. The number of benzene rings is 1. The van der Waals surface area contributed by atoms with E-state index in [9.17, 15) is 16.8 Å². The minimum absolute atomic E-state index is 0.0766. The Hall–Kier alpha value is -1.64. The van der Waals surface area contributed by atoms with Crippen LogP contribution in [0.15, 0.2) is 58.6 Å². The molecule has 22 heavy (non-hydrogen) atoms. The fraction of sp³-hybridized carbons (Fsp3) is 0.286. The number of nitrogens with zero attached hydrogens (tertiary/aromatic N) is 1. The van der Waals surface area contributed by atoms with Crippen molar-refractivity contribution in [3.8, 4) is 0 Å². The van der Waals surface area contributed by atoms with Gasteiger partial charge < -0.3 is 0 Å². The standard InChI is InChI=1S/C14H18N2O4S2/c1-3-12(2)15-21(17,18)14-9-10-16(11-14)22(19,20)13-7-5-4-6-8-13/h4-12,15H,3H2,1-2H3. The normalized spacial score (nSPS) is 13.9. The van der Waals surface area contributed by atoms with Crippen molar-refractivity contribution >= 4 is 20.0 Å². The molecule has 0 spiro atoms. The number of hydrogen-bond donors (Lipinski definition) is 1. The van der Waals surface area contributed by atoms with E-state index in [1.807, 2.05) is 6.92 Å². The highest BCUT2D eigenvalue weighted by Crippen LogP contribution is 2.17. The molecule has 1 N–H and O–H groups in total. The number of aromatic nitrogens is 1. The van der Waals surface area contributed by atoms with E-state index < -0.39 is 20.0 Å². The lowest BCUT2D eigenvalue weighted by Gasteiger charge is -2.10. The summed E-state index contributed by atoms with van der Waals surface area (Å²) in [7, 11) is -7.52. The average Bonchev–Trinajstić information content (AvgIpc) is 2.99. The molecule has 1 aromatic carbocycles. The van der Waals surface area contributed by atoms with E-state index >= 15 is 0 Å². The fourth-order valence-electron chi connectivity index (χ4n) is 1.80. The minimum Gasteiger partial charge on any atom is -0.248 e. The zero-order chi connectivity index (χ0) is 16.4. The van der Waals surface area contributed by atoms with Gasteiger partial charge in [0, 0.05) is 18.4 Å². The molecule has 2 rings (SSSR count). The highest BCUT2D eigenvalue weighted by molar-refractivity contribution is 7.90. The summed E-state index contributed by atoms with van der Waals surface area (Å²) in [5, 5.41) is 0. The molecule has 0 radical (unpaired) electrons. The Balaban J connectivity index is 2.37. The Morgan fingerprint density at radius 1 is 1.05 bits per heavy atom. The summed E-state index contributed by atoms with van der Waals surface area (Å²) in [6.07, 6.45) is 2.98. The third-order valence-corrected chi connectivity index (χ3v) is 6.46. The van der Waals surface area contributed by atoms with Crippen molar-refractivity contribution in [2.75, 3.05) is 0 Å². The topological polar surface area (TPSA) is 85.2 Å². The van der Waals surface area contributed by atoms with E-state index in [1.165, 1.54) is 24.4 Å². The van der Waals surface area contributed by atoms with Gasteiger partial charge in [-0.2, -0.15) is 0 Å². The maximum absolute atomic E-state index is 12.4.